The van der Waals surface area contributed by atoms with E-state index in [1.54, 1.807) is 27.7 Å². The van der Waals surface area contributed by atoms with Crippen LogP contribution in [-0.2, 0) is 4.79 Å². The molecule has 1 saturated heterocycles. The van der Waals surface area contributed by atoms with E-state index in [2.05, 4.69) is 45.2 Å². The van der Waals surface area contributed by atoms with Crippen LogP contribution >= 0.6 is 22.7 Å². The zero-order chi connectivity index (χ0) is 20.3. The number of hydrogen-bond acceptors (Lipinski definition) is 6. The average Bonchev–Trinajstić information content (AvgIpc) is 3.54. The first-order chi connectivity index (χ1) is 14.8. The Morgan fingerprint density at radius 3 is 2.67 bits per heavy atom. The number of benzene rings is 1. The van der Waals surface area contributed by atoms with Crippen molar-refractivity contribution in [1.29, 1.82) is 0 Å². The number of hydrazone groups is 1. The predicted molar refractivity (Wildman–Crippen MR) is 124 cm³/mol. The lowest BCUT2D eigenvalue weighted by Gasteiger charge is -2.24. The molecule has 2 aliphatic heterocycles. The molecule has 4 heterocycles. The number of para-hydroxylation sites is 1. The predicted octanol–water partition coefficient (Wildman–Crippen LogP) is 4.67. The number of likely N-dealkylation sites (tertiary alicyclic amines) is 1. The molecule has 0 saturated carbocycles. The molecule has 2 aromatic heterocycles. The van der Waals surface area contributed by atoms with E-state index in [1.165, 1.54) is 4.88 Å². The van der Waals surface area contributed by atoms with Gasteiger partial charge in [-0.3, -0.25) is 9.69 Å². The lowest BCUT2D eigenvalue weighted by molar-refractivity contribution is -0.133. The number of nitrogens with one attached hydrogen (secondary N) is 1. The maximum Gasteiger partial charge on any atom is 0.257 e. The number of thiophene rings is 2. The van der Waals surface area contributed by atoms with Gasteiger partial charge in [0.2, 0.25) is 0 Å². The lowest BCUT2D eigenvalue weighted by Crippen LogP contribution is -2.38. The summed E-state index contributed by atoms with van der Waals surface area (Å²) in [6, 6.07) is 18.9. The topological polar surface area (TPSA) is 47.9 Å². The monoisotopic (exact) mass is 436 g/mol. The van der Waals surface area contributed by atoms with Gasteiger partial charge in [-0.1, -0.05) is 30.3 Å². The average molecular weight is 437 g/mol. The Labute approximate surface area is 184 Å². The molecule has 154 valence electrons. The van der Waals surface area contributed by atoms with Crippen molar-refractivity contribution in [2.45, 2.75) is 24.9 Å². The highest BCUT2D eigenvalue weighted by molar-refractivity contribution is 7.12. The molecule has 2 unspecified atom stereocenters. The molecule has 1 fully saturated rings. The summed E-state index contributed by atoms with van der Waals surface area (Å²) in [5.74, 6) is 0.0836. The molecular weight excluding hydrogens is 412 g/mol. The number of rotatable bonds is 6. The van der Waals surface area contributed by atoms with Crippen LogP contribution in [0.4, 0.5) is 5.69 Å². The summed E-state index contributed by atoms with van der Waals surface area (Å²) in [5, 5.41) is 14.2. The molecule has 1 aromatic carbocycles. The maximum atomic E-state index is 13.3. The number of hydrogen-bond donors (Lipinski definition) is 1. The van der Waals surface area contributed by atoms with E-state index in [9.17, 15) is 4.79 Å². The van der Waals surface area contributed by atoms with Gasteiger partial charge < -0.3 is 5.32 Å². The van der Waals surface area contributed by atoms with Gasteiger partial charge in [0.1, 0.15) is 0 Å². The zero-order valence-corrected chi connectivity index (χ0v) is 18.2. The molecule has 0 bridgehead atoms. The highest BCUT2D eigenvalue weighted by atomic mass is 32.1. The Morgan fingerprint density at radius 1 is 1.07 bits per heavy atom. The van der Waals surface area contributed by atoms with E-state index in [4.69, 9.17) is 5.10 Å². The summed E-state index contributed by atoms with van der Waals surface area (Å²) in [5.41, 5.74) is 2.15. The second-order valence-electron chi connectivity index (χ2n) is 7.73. The number of carbonyl (C=O) groups excluding carboxylic acids is 1. The highest BCUT2D eigenvalue weighted by Gasteiger charge is 2.35. The number of amides is 1. The first-order valence-corrected chi connectivity index (χ1v) is 12.0. The van der Waals surface area contributed by atoms with Gasteiger partial charge >= 0.3 is 0 Å². The molecule has 3 aromatic rings. The van der Waals surface area contributed by atoms with Gasteiger partial charge in [0, 0.05) is 36.1 Å². The normalized spacial score (nSPS) is 21.7. The molecular formula is C23H24N4OS2. The number of nitrogens with zero attached hydrogens (tertiary/aromatic N) is 3. The molecule has 1 amide bonds. The molecule has 0 aliphatic carbocycles. The number of carbonyl (C=O) groups is 1. The molecule has 2 atom stereocenters. The van der Waals surface area contributed by atoms with E-state index >= 15 is 0 Å². The third-order valence-corrected chi connectivity index (χ3v) is 7.51. The summed E-state index contributed by atoms with van der Waals surface area (Å²) in [4.78, 5) is 17.8. The van der Waals surface area contributed by atoms with Crippen LogP contribution in [0.1, 0.15) is 28.6 Å². The smallest absolute Gasteiger partial charge is 0.257 e. The van der Waals surface area contributed by atoms with E-state index in [0.717, 1.165) is 42.2 Å². The minimum Gasteiger partial charge on any atom is -0.381 e. The molecule has 0 spiro atoms. The fraction of sp³-hybridized carbons (Fsp3) is 0.304. The summed E-state index contributed by atoms with van der Waals surface area (Å²) in [6.07, 6.45) is 1.82. The van der Waals surface area contributed by atoms with Gasteiger partial charge in [0.15, 0.2) is 0 Å². The van der Waals surface area contributed by atoms with Crippen molar-refractivity contribution < 1.29 is 4.79 Å². The van der Waals surface area contributed by atoms with Crippen molar-refractivity contribution in [2.24, 2.45) is 5.10 Å². The van der Waals surface area contributed by atoms with Crippen molar-refractivity contribution in [3.8, 4) is 0 Å². The van der Waals surface area contributed by atoms with Crippen molar-refractivity contribution in [2.75, 3.05) is 25.0 Å². The van der Waals surface area contributed by atoms with Crippen LogP contribution in [0.2, 0.25) is 0 Å². The van der Waals surface area contributed by atoms with Crippen molar-refractivity contribution >= 4 is 40.0 Å². The Morgan fingerprint density at radius 2 is 1.90 bits per heavy atom. The Kier molecular flexibility index (Phi) is 5.66. The zero-order valence-electron chi connectivity index (χ0n) is 16.6. The highest BCUT2D eigenvalue weighted by Crippen LogP contribution is 2.36. The summed E-state index contributed by atoms with van der Waals surface area (Å²) < 4.78 is 0. The van der Waals surface area contributed by atoms with Crippen molar-refractivity contribution in [3.05, 3.63) is 75.1 Å². The molecule has 30 heavy (non-hydrogen) atoms. The van der Waals surface area contributed by atoms with Crippen LogP contribution in [0.15, 0.2) is 70.5 Å². The minimum atomic E-state index is 0.00967. The van der Waals surface area contributed by atoms with Crippen LogP contribution in [0, 0.1) is 0 Å². The Bertz CT molecular complexity index is 1000. The Hall–Kier alpha value is -2.48. The van der Waals surface area contributed by atoms with E-state index < -0.39 is 0 Å². The molecule has 7 heteroatoms. The second-order valence-corrected chi connectivity index (χ2v) is 9.66. The SMILES string of the molecule is O=C(CN1CCC(Nc2ccccc2)C1)N1N=C(c2cccs2)CC1c1cccs1. The van der Waals surface area contributed by atoms with Gasteiger partial charge in [0.05, 0.1) is 23.2 Å². The summed E-state index contributed by atoms with van der Waals surface area (Å²) in [7, 11) is 0. The first kappa shape index (κ1) is 19.5. The van der Waals surface area contributed by atoms with Crippen LogP contribution in [0.3, 0.4) is 0 Å². The van der Waals surface area contributed by atoms with E-state index in [1.807, 2.05) is 30.3 Å². The molecule has 5 rings (SSSR count). The maximum absolute atomic E-state index is 13.3. The molecule has 1 N–H and O–H groups in total. The van der Waals surface area contributed by atoms with Gasteiger partial charge in [-0.05, 0) is 41.4 Å². The van der Waals surface area contributed by atoms with E-state index in [-0.39, 0.29) is 11.9 Å². The quantitative estimate of drug-likeness (QED) is 0.611. The minimum absolute atomic E-state index is 0.00967. The third-order valence-electron chi connectivity index (χ3n) is 5.62. The van der Waals surface area contributed by atoms with Gasteiger partial charge in [-0.2, -0.15) is 5.10 Å². The largest absolute Gasteiger partial charge is 0.381 e. The molecule has 5 nitrogen and oxygen atoms in total. The summed E-state index contributed by atoms with van der Waals surface area (Å²) >= 11 is 3.38. The number of anilines is 1. The lowest BCUT2D eigenvalue weighted by atomic mass is 10.1. The van der Waals surface area contributed by atoms with Crippen LogP contribution in [0.25, 0.3) is 0 Å². The van der Waals surface area contributed by atoms with Crippen LogP contribution < -0.4 is 5.32 Å². The Balaban J connectivity index is 1.26. The first-order valence-electron chi connectivity index (χ1n) is 10.3. The van der Waals surface area contributed by atoms with Gasteiger partial charge in [0.25, 0.3) is 5.91 Å². The fourth-order valence-corrected chi connectivity index (χ4v) is 5.70. The van der Waals surface area contributed by atoms with Crippen LogP contribution in [-0.4, -0.2) is 47.2 Å². The van der Waals surface area contributed by atoms with Gasteiger partial charge in [-0.25, -0.2) is 5.01 Å². The van der Waals surface area contributed by atoms with Gasteiger partial charge in [-0.15, -0.1) is 22.7 Å². The fourth-order valence-electron chi connectivity index (χ4n) is 4.16. The van der Waals surface area contributed by atoms with Crippen molar-refractivity contribution in [1.82, 2.24) is 9.91 Å². The molecule has 0 radical (unpaired) electrons. The summed E-state index contributed by atoms with van der Waals surface area (Å²) in [6.45, 7) is 2.21. The third kappa shape index (κ3) is 4.19. The molecule has 2 aliphatic rings. The van der Waals surface area contributed by atoms with E-state index in [0.29, 0.717) is 12.6 Å². The standard InChI is InChI=1S/C23H24N4OS2/c28-23(16-26-11-10-18(15-26)24-17-6-2-1-3-7-17)27-20(22-9-5-13-30-22)14-19(25-27)21-8-4-12-29-21/h1-9,12-13,18,20,24H,10-11,14-16H2. The van der Waals surface area contributed by atoms with Crippen molar-refractivity contribution in [3.63, 3.8) is 0 Å². The van der Waals surface area contributed by atoms with Crippen LogP contribution in [0.5, 0.6) is 0 Å². The second kappa shape index (κ2) is 8.71.